The monoisotopic (exact) mass is 628 g/mol. The van der Waals surface area contributed by atoms with Gasteiger partial charge in [-0.05, 0) is 116 Å². The van der Waals surface area contributed by atoms with Crippen molar-refractivity contribution in [3.8, 4) is 0 Å². The minimum absolute atomic E-state index is 0.0585. The molecular weight excluding hydrogens is 587 g/mol. The molecule has 0 saturated carbocycles. The van der Waals surface area contributed by atoms with Crippen LogP contribution < -0.4 is 21.7 Å². The molecular formula is C28H43Cl3N8O2. The van der Waals surface area contributed by atoms with Crippen molar-refractivity contribution < 1.29 is 9.59 Å². The summed E-state index contributed by atoms with van der Waals surface area (Å²) in [5.74, 6) is 0.531. The largest absolute Gasteiger partial charge is 0.361 e. The van der Waals surface area contributed by atoms with Gasteiger partial charge in [0.1, 0.15) is 11.0 Å². The Morgan fingerprint density at radius 3 is 1.68 bits per heavy atom. The number of amides is 2. The number of hydrogen-bond donors (Lipinski definition) is 4. The van der Waals surface area contributed by atoms with Gasteiger partial charge in [-0.25, -0.2) is 19.9 Å². The van der Waals surface area contributed by atoms with Gasteiger partial charge >= 0.3 is 0 Å². The van der Waals surface area contributed by atoms with E-state index in [1.807, 2.05) is 41.5 Å². The highest BCUT2D eigenvalue weighted by atomic mass is 35.5. The average Bonchev–Trinajstić information content (AvgIpc) is 2.86. The van der Waals surface area contributed by atoms with Crippen LogP contribution in [0.1, 0.15) is 89.7 Å². The van der Waals surface area contributed by atoms with E-state index in [1.54, 1.807) is 0 Å². The number of halogens is 3. The first kappa shape index (κ1) is 34.9. The lowest BCUT2D eigenvalue weighted by Crippen LogP contribution is -2.43. The summed E-state index contributed by atoms with van der Waals surface area (Å²) in [5, 5.41) is 9.74. The van der Waals surface area contributed by atoms with E-state index in [1.165, 1.54) is 12.8 Å². The zero-order chi connectivity index (χ0) is 30.8. The van der Waals surface area contributed by atoms with Crippen molar-refractivity contribution in [1.82, 2.24) is 30.6 Å². The molecule has 0 aromatic carbocycles. The zero-order valence-electron chi connectivity index (χ0n) is 24.9. The first-order chi connectivity index (χ1) is 19.1. The van der Waals surface area contributed by atoms with E-state index in [0.29, 0.717) is 11.0 Å². The second kappa shape index (κ2) is 15.8. The third kappa shape index (κ3) is 13.1. The Morgan fingerprint density at radius 2 is 1.17 bits per heavy atom. The first-order valence-electron chi connectivity index (χ1n) is 13.9. The molecule has 13 heteroatoms. The third-order valence-corrected chi connectivity index (χ3v) is 6.54. The van der Waals surface area contributed by atoms with Gasteiger partial charge in [-0.2, -0.15) is 0 Å². The van der Waals surface area contributed by atoms with Crippen LogP contribution >= 0.6 is 34.8 Å². The predicted octanol–water partition coefficient (Wildman–Crippen LogP) is 4.86. The molecule has 228 valence electrons. The van der Waals surface area contributed by atoms with E-state index in [9.17, 15) is 9.59 Å². The summed E-state index contributed by atoms with van der Waals surface area (Å²) < 4.78 is 0. The van der Waals surface area contributed by atoms with Crippen LogP contribution in [0.2, 0.25) is 15.7 Å². The molecule has 0 bridgehead atoms. The average molecular weight is 630 g/mol. The van der Waals surface area contributed by atoms with E-state index in [0.717, 1.165) is 61.0 Å². The van der Waals surface area contributed by atoms with Crippen LogP contribution in [0.15, 0.2) is 0 Å². The van der Waals surface area contributed by atoms with Crippen LogP contribution in [-0.4, -0.2) is 55.9 Å². The Hall–Kier alpha value is -2.27. The van der Waals surface area contributed by atoms with Crippen molar-refractivity contribution in [2.75, 3.05) is 18.4 Å². The first-order valence-corrected chi connectivity index (χ1v) is 15.0. The number of hydrogen-bond acceptors (Lipinski definition) is 8. The van der Waals surface area contributed by atoms with Crippen molar-refractivity contribution in [2.24, 2.45) is 5.73 Å². The quantitative estimate of drug-likeness (QED) is 0.277. The van der Waals surface area contributed by atoms with Gasteiger partial charge in [-0.3, -0.25) is 9.59 Å². The minimum Gasteiger partial charge on any atom is -0.361 e. The van der Waals surface area contributed by atoms with Crippen LogP contribution in [0.3, 0.4) is 0 Å². The van der Waals surface area contributed by atoms with Crippen molar-refractivity contribution >= 4 is 52.4 Å². The molecule has 2 heterocycles. The molecule has 2 aliphatic rings. The second-order valence-corrected chi connectivity index (χ2v) is 13.1. The predicted molar refractivity (Wildman–Crippen MR) is 166 cm³/mol. The Labute approximate surface area is 258 Å². The highest BCUT2D eigenvalue weighted by Crippen LogP contribution is 2.27. The molecule has 0 aliphatic heterocycles. The molecule has 0 saturated heterocycles. The molecule has 41 heavy (non-hydrogen) atoms. The molecule has 2 aromatic heterocycles. The van der Waals surface area contributed by atoms with Crippen LogP contribution in [0.4, 0.5) is 5.82 Å². The summed E-state index contributed by atoms with van der Waals surface area (Å²) in [5.41, 5.74) is 8.91. The fourth-order valence-corrected chi connectivity index (χ4v) is 5.03. The van der Waals surface area contributed by atoms with Crippen LogP contribution in [0.25, 0.3) is 0 Å². The molecule has 0 fully saturated rings. The number of carbonyl (C=O) groups is 2. The molecule has 0 spiro atoms. The van der Waals surface area contributed by atoms with E-state index >= 15 is 0 Å². The minimum atomic E-state index is -0.235. The zero-order valence-corrected chi connectivity index (χ0v) is 27.2. The van der Waals surface area contributed by atoms with Crippen molar-refractivity contribution in [3.63, 3.8) is 0 Å². The standard InChI is InChI=1S/C14H21ClN4O.C8H8Cl2N2.C6H14N2O/c1-14(2,3)19-11(20)8-16-12-9-6-4-5-7-10(9)17-13(15)18-12;9-7-5-3-1-2-4-6(5)11-8(10)12-7;1-6(2,3)8-5(9)4-7/h4-8H2,1-3H3,(H,19,20)(H,16,17,18);1-4H2;4,7H2,1-3H3,(H,8,9). The van der Waals surface area contributed by atoms with Gasteiger partial charge in [0.25, 0.3) is 0 Å². The SMILES string of the molecule is CC(C)(C)NC(=O)CN.CC(C)(C)NC(=O)CNc1nc(Cl)nc2c1CCCC2.Clc1nc(Cl)c2c(n1)CCCC2. The molecule has 0 radical (unpaired) electrons. The Morgan fingerprint density at radius 1 is 0.707 bits per heavy atom. The number of anilines is 1. The summed E-state index contributed by atoms with van der Waals surface area (Å²) in [7, 11) is 0. The third-order valence-electron chi connectivity index (χ3n) is 5.89. The summed E-state index contributed by atoms with van der Waals surface area (Å²) in [4.78, 5) is 39.0. The van der Waals surface area contributed by atoms with Gasteiger partial charge in [-0.1, -0.05) is 11.6 Å². The van der Waals surface area contributed by atoms with E-state index < -0.39 is 0 Å². The fraction of sp³-hybridized carbons (Fsp3) is 0.643. The summed E-state index contributed by atoms with van der Waals surface area (Å²) in [6, 6.07) is 0. The lowest BCUT2D eigenvalue weighted by Gasteiger charge is -2.22. The number of nitrogens with two attached hydrogens (primary N) is 1. The molecule has 4 rings (SSSR count). The van der Waals surface area contributed by atoms with Crippen LogP contribution in [0, 0.1) is 0 Å². The highest BCUT2D eigenvalue weighted by molar-refractivity contribution is 6.32. The number of nitrogens with one attached hydrogen (secondary N) is 3. The van der Waals surface area contributed by atoms with Gasteiger partial charge < -0.3 is 21.7 Å². The number of fused-ring (bicyclic) bond motifs is 2. The maximum Gasteiger partial charge on any atom is 0.239 e. The molecule has 2 amide bonds. The smallest absolute Gasteiger partial charge is 0.239 e. The topological polar surface area (TPSA) is 148 Å². The Balaban J connectivity index is 0.000000238. The van der Waals surface area contributed by atoms with Gasteiger partial charge in [0.05, 0.1) is 24.5 Å². The van der Waals surface area contributed by atoms with Crippen molar-refractivity contribution in [2.45, 2.75) is 104 Å². The van der Waals surface area contributed by atoms with E-state index in [-0.39, 0.29) is 46.5 Å². The normalized spacial score (nSPS) is 14.2. The molecule has 0 atom stereocenters. The maximum absolute atomic E-state index is 11.8. The van der Waals surface area contributed by atoms with Crippen molar-refractivity contribution in [1.29, 1.82) is 0 Å². The molecule has 10 nitrogen and oxygen atoms in total. The molecule has 2 aliphatic carbocycles. The van der Waals surface area contributed by atoms with Gasteiger partial charge in [0.15, 0.2) is 0 Å². The summed E-state index contributed by atoms with van der Waals surface area (Å²) in [6.45, 7) is 11.9. The van der Waals surface area contributed by atoms with Crippen LogP contribution in [0.5, 0.6) is 0 Å². The Bertz CT molecular complexity index is 1200. The van der Waals surface area contributed by atoms with E-state index in [2.05, 4.69) is 35.9 Å². The molecule has 5 N–H and O–H groups in total. The lowest BCUT2D eigenvalue weighted by molar-refractivity contribution is -0.121. The number of aromatic nitrogens is 4. The summed E-state index contributed by atoms with van der Waals surface area (Å²) >= 11 is 17.5. The Kier molecular flexibility index (Phi) is 13.5. The summed E-state index contributed by atoms with van der Waals surface area (Å²) in [6.07, 6.45) is 8.46. The molecule has 0 unspecified atom stereocenters. The fourth-order valence-electron chi connectivity index (χ4n) is 4.33. The van der Waals surface area contributed by atoms with Crippen LogP contribution in [-0.2, 0) is 35.3 Å². The van der Waals surface area contributed by atoms with Gasteiger partial charge in [0, 0.05) is 22.2 Å². The lowest BCUT2D eigenvalue weighted by atomic mass is 9.96. The number of rotatable bonds is 4. The number of aryl methyl sites for hydroxylation is 2. The highest BCUT2D eigenvalue weighted by Gasteiger charge is 2.19. The van der Waals surface area contributed by atoms with Gasteiger partial charge in [0.2, 0.25) is 22.4 Å². The molecule has 2 aromatic rings. The van der Waals surface area contributed by atoms with E-state index in [4.69, 9.17) is 40.5 Å². The number of carbonyl (C=O) groups excluding carboxylic acids is 2. The number of nitrogens with zero attached hydrogens (tertiary/aromatic N) is 4. The van der Waals surface area contributed by atoms with Crippen molar-refractivity contribution in [3.05, 3.63) is 38.2 Å². The van der Waals surface area contributed by atoms with Gasteiger partial charge in [-0.15, -0.1) is 0 Å². The second-order valence-electron chi connectivity index (χ2n) is 12.0. The maximum atomic E-state index is 11.8.